The summed E-state index contributed by atoms with van der Waals surface area (Å²) in [5.74, 6) is -0.607. The van der Waals surface area contributed by atoms with E-state index in [0.29, 0.717) is 0 Å². The standard InChI is InChI=1S/C20H19N3O3/c24-16-7-3-14(4-8-16)20-17-12-21-10-9-18(17)23(22-20)15-5-1-13(2-6-15)11-19(25)26/h1-8,21,24H,9-12H2,(H,25,26). The third-order valence-electron chi connectivity index (χ3n) is 4.61. The van der Waals surface area contributed by atoms with E-state index in [1.54, 1.807) is 12.1 Å². The number of aromatic nitrogens is 2. The fraction of sp³-hybridized carbons (Fsp3) is 0.200. The Kier molecular flexibility index (Phi) is 4.18. The van der Waals surface area contributed by atoms with Crippen molar-refractivity contribution in [2.24, 2.45) is 0 Å². The van der Waals surface area contributed by atoms with Gasteiger partial charge < -0.3 is 15.5 Å². The van der Waals surface area contributed by atoms with Gasteiger partial charge in [-0.15, -0.1) is 0 Å². The van der Waals surface area contributed by atoms with Crippen LogP contribution in [-0.2, 0) is 24.2 Å². The fourth-order valence-corrected chi connectivity index (χ4v) is 3.34. The average Bonchev–Trinajstić information content (AvgIpc) is 3.02. The summed E-state index contributed by atoms with van der Waals surface area (Å²) in [5.41, 5.74) is 5.88. The normalized spacial score (nSPS) is 13.4. The average molecular weight is 349 g/mol. The highest BCUT2D eigenvalue weighted by molar-refractivity contribution is 5.70. The molecule has 2 aromatic carbocycles. The lowest BCUT2D eigenvalue weighted by Gasteiger charge is -2.16. The van der Waals surface area contributed by atoms with Crippen molar-refractivity contribution in [2.75, 3.05) is 6.54 Å². The first kappa shape index (κ1) is 16.4. The van der Waals surface area contributed by atoms with Gasteiger partial charge in [-0.05, 0) is 42.0 Å². The van der Waals surface area contributed by atoms with Crippen LogP contribution < -0.4 is 5.32 Å². The van der Waals surface area contributed by atoms with Crippen molar-refractivity contribution >= 4 is 5.97 Å². The van der Waals surface area contributed by atoms with Crippen LogP contribution in [-0.4, -0.2) is 32.5 Å². The van der Waals surface area contributed by atoms with Gasteiger partial charge in [-0.25, -0.2) is 4.68 Å². The molecular formula is C20H19N3O3. The number of nitrogens with zero attached hydrogens (tertiary/aromatic N) is 2. The molecular weight excluding hydrogens is 330 g/mol. The number of carboxylic acid groups (broad SMARTS) is 1. The fourth-order valence-electron chi connectivity index (χ4n) is 3.34. The van der Waals surface area contributed by atoms with Gasteiger partial charge in [0.15, 0.2) is 0 Å². The minimum atomic E-state index is -0.838. The zero-order chi connectivity index (χ0) is 18.1. The van der Waals surface area contributed by atoms with Crippen LogP contribution in [0.4, 0.5) is 0 Å². The molecule has 1 aliphatic rings. The van der Waals surface area contributed by atoms with Crippen LogP contribution in [0.3, 0.4) is 0 Å². The van der Waals surface area contributed by atoms with E-state index in [1.165, 1.54) is 0 Å². The van der Waals surface area contributed by atoms with Crippen LogP contribution >= 0.6 is 0 Å². The Bertz CT molecular complexity index is 944. The molecule has 0 radical (unpaired) electrons. The molecule has 6 nitrogen and oxygen atoms in total. The summed E-state index contributed by atoms with van der Waals surface area (Å²) < 4.78 is 1.95. The largest absolute Gasteiger partial charge is 0.508 e. The highest BCUT2D eigenvalue weighted by atomic mass is 16.4. The van der Waals surface area contributed by atoms with Gasteiger partial charge in [0.25, 0.3) is 0 Å². The molecule has 0 amide bonds. The summed E-state index contributed by atoms with van der Waals surface area (Å²) >= 11 is 0. The van der Waals surface area contributed by atoms with Crippen LogP contribution in [0.15, 0.2) is 48.5 Å². The number of rotatable bonds is 4. The molecule has 3 aromatic rings. The maximum absolute atomic E-state index is 10.9. The monoisotopic (exact) mass is 349 g/mol. The van der Waals surface area contributed by atoms with Crippen LogP contribution in [0, 0.1) is 0 Å². The Morgan fingerprint density at radius 3 is 2.54 bits per heavy atom. The van der Waals surface area contributed by atoms with Gasteiger partial charge in [-0.3, -0.25) is 4.79 Å². The van der Waals surface area contributed by atoms with Crippen molar-refractivity contribution < 1.29 is 15.0 Å². The van der Waals surface area contributed by atoms with Gasteiger partial charge in [0.05, 0.1) is 23.5 Å². The quantitative estimate of drug-likeness (QED) is 0.674. The molecule has 132 valence electrons. The minimum absolute atomic E-state index is 0.0141. The summed E-state index contributed by atoms with van der Waals surface area (Å²) in [6, 6.07) is 14.6. The number of aliphatic carboxylic acids is 1. The second-order valence-corrected chi connectivity index (χ2v) is 6.40. The molecule has 0 fully saturated rings. The molecule has 3 N–H and O–H groups in total. The first-order valence-electron chi connectivity index (χ1n) is 8.54. The van der Waals surface area contributed by atoms with E-state index >= 15 is 0 Å². The Balaban J connectivity index is 1.77. The highest BCUT2D eigenvalue weighted by Crippen LogP contribution is 2.30. The number of hydrogen-bond acceptors (Lipinski definition) is 4. The summed E-state index contributed by atoms with van der Waals surface area (Å²) in [5, 5.41) is 26.7. The molecule has 0 unspecified atom stereocenters. The van der Waals surface area contributed by atoms with Crippen LogP contribution in [0.25, 0.3) is 16.9 Å². The van der Waals surface area contributed by atoms with Gasteiger partial charge in [0.2, 0.25) is 0 Å². The second-order valence-electron chi connectivity index (χ2n) is 6.40. The first-order valence-corrected chi connectivity index (χ1v) is 8.54. The Morgan fingerprint density at radius 2 is 1.85 bits per heavy atom. The molecule has 6 heteroatoms. The van der Waals surface area contributed by atoms with Crippen molar-refractivity contribution in [1.29, 1.82) is 0 Å². The van der Waals surface area contributed by atoms with Crippen molar-refractivity contribution in [3.05, 3.63) is 65.4 Å². The molecule has 0 atom stereocenters. The van der Waals surface area contributed by atoms with E-state index in [4.69, 9.17) is 10.2 Å². The number of hydrogen-bond donors (Lipinski definition) is 3. The predicted octanol–water partition coefficient (Wildman–Crippen LogP) is 2.52. The van der Waals surface area contributed by atoms with Crippen molar-refractivity contribution in [3.8, 4) is 22.7 Å². The number of carboxylic acids is 1. The first-order chi connectivity index (χ1) is 12.6. The lowest BCUT2D eigenvalue weighted by atomic mass is 10.0. The zero-order valence-electron chi connectivity index (χ0n) is 14.1. The number of phenolic OH excluding ortho intramolecular Hbond substituents is 1. The van der Waals surface area contributed by atoms with E-state index in [-0.39, 0.29) is 12.2 Å². The van der Waals surface area contributed by atoms with E-state index < -0.39 is 5.97 Å². The molecule has 26 heavy (non-hydrogen) atoms. The lowest BCUT2D eigenvalue weighted by Crippen LogP contribution is -2.24. The molecule has 0 spiro atoms. The summed E-state index contributed by atoms with van der Waals surface area (Å²) in [7, 11) is 0. The third kappa shape index (κ3) is 3.07. The molecule has 1 aliphatic heterocycles. The van der Waals surface area contributed by atoms with Gasteiger partial charge in [-0.2, -0.15) is 5.10 Å². The number of carbonyl (C=O) groups is 1. The summed E-state index contributed by atoms with van der Waals surface area (Å²) in [6.07, 6.45) is 0.886. The minimum Gasteiger partial charge on any atom is -0.508 e. The number of phenols is 1. The lowest BCUT2D eigenvalue weighted by molar-refractivity contribution is -0.136. The Morgan fingerprint density at radius 1 is 1.12 bits per heavy atom. The number of benzene rings is 2. The van der Waals surface area contributed by atoms with Crippen molar-refractivity contribution in [1.82, 2.24) is 15.1 Å². The molecule has 0 saturated heterocycles. The number of aromatic hydroxyl groups is 1. The van der Waals surface area contributed by atoms with Gasteiger partial charge in [0, 0.05) is 30.6 Å². The number of nitrogens with one attached hydrogen (secondary N) is 1. The van der Waals surface area contributed by atoms with Crippen LogP contribution in [0.2, 0.25) is 0 Å². The molecule has 1 aromatic heterocycles. The van der Waals surface area contributed by atoms with E-state index in [1.807, 2.05) is 41.1 Å². The third-order valence-corrected chi connectivity index (χ3v) is 4.61. The topological polar surface area (TPSA) is 87.4 Å². The second kappa shape index (κ2) is 6.65. The smallest absolute Gasteiger partial charge is 0.307 e. The molecule has 4 rings (SSSR count). The van der Waals surface area contributed by atoms with Crippen molar-refractivity contribution in [2.45, 2.75) is 19.4 Å². The Hall–Kier alpha value is -3.12. The highest BCUT2D eigenvalue weighted by Gasteiger charge is 2.22. The predicted molar refractivity (Wildman–Crippen MR) is 97.4 cm³/mol. The van der Waals surface area contributed by atoms with Gasteiger partial charge >= 0.3 is 5.97 Å². The van der Waals surface area contributed by atoms with Crippen molar-refractivity contribution in [3.63, 3.8) is 0 Å². The van der Waals surface area contributed by atoms with Crippen LogP contribution in [0.1, 0.15) is 16.8 Å². The Labute approximate surface area is 150 Å². The van der Waals surface area contributed by atoms with Crippen LogP contribution in [0.5, 0.6) is 5.75 Å². The van der Waals surface area contributed by atoms with E-state index in [2.05, 4.69) is 5.32 Å². The molecule has 0 aliphatic carbocycles. The molecule has 0 bridgehead atoms. The molecule has 2 heterocycles. The maximum atomic E-state index is 10.9. The van der Waals surface area contributed by atoms with E-state index in [9.17, 15) is 9.90 Å². The zero-order valence-corrected chi connectivity index (χ0v) is 14.1. The van der Waals surface area contributed by atoms with Gasteiger partial charge in [-0.1, -0.05) is 12.1 Å². The maximum Gasteiger partial charge on any atom is 0.307 e. The summed E-state index contributed by atoms with van der Waals surface area (Å²) in [6.45, 7) is 1.65. The molecule has 0 saturated carbocycles. The van der Waals surface area contributed by atoms with E-state index in [0.717, 1.165) is 53.3 Å². The van der Waals surface area contributed by atoms with Gasteiger partial charge in [0.1, 0.15) is 5.75 Å². The number of fused-ring (bicyclic) bond motifs is 1. The summed E-state index contributed by atoms with van der Waals surface area (Å²) in [4.78, 5) is 10.9. The SMILES string of the molecule is O=C(O)Cc1ccc(-n2nc(-c3ccc(O)cc3)c3c2CCNC3)cc1.